The summed E-state index contributed by atoms with van der Waals surface area (Å²) in [5.74, 6) is 0.991. The van der Waals surface area contributed by atoms with Crippen LogP contribution in [0, 0.1) is 0 Å². The van der Waals surface area contributed by atoms with Crippen LogP contribution >= 0.6 is 50.9 Å². The van der Waals surface area contributed by atoms with Crippen molar-refractivity contribution in [3.8, 4) is 11.5 Å². The molecule has 1 saturated heterocycles. The fraction of sp³-hybridized carbons (Fsp3) is 0.154. The third-order valence-electron chi connectivity index (χ3n) is 4.85. The van der Waals surface area contributed by atoms with Gasteiger partial charge >= 0.3 is 0 Å². The van der Waals surface area contributed by atoms with Crippen molar-refractivity contribution >= 4 is 79.4 Å². The Labute approximate surface area is 226 Å². The predicted molar refractivity (Wildman–Crippen MR) is 150 cm³/mol. The second-order valence-electron chi connectivity index (χ2n) is 7.80. The Kier molecular flexibility index (Phi) is 8.12. The molecule has 0 N–H and O–H groups in total. The Bertz CT molecular complexity index is 1310. The smallest absolute Gasteiger partial charge is 0.271 e. The molecule has 1 fully saturated rings. The van der Waals surface area contributed by atoms with Gasteiger partial charge in [0.1, 0.15) is 0 Å². The van der Waals surface area contributed by atoms with Crippen molar-refractivity contribution < 1.29 is 14.3 Å². The maximum absolute atomic E-state index is 13.5. The summed E-state index contributed by atoms with van der Waals surface area (Å²) >= 11 is 16.9. The van der Waals surface area contributed by atoms with E-state index in [0.717, 1.165) is 10.0 Å². The molecule has 4 rings (SSSR count). The van der Waals surface area contributed by atoms with E-state index in [0.29, 0.717) is 43.0 Å². The van der Waals surface area contributed by atoms with E-state index in [2.05, 4.69) is 15.9 Å². The quantitative estimate of drug-likeness (QED) is 0.270. The molecule has 1 amide bonds. The summed E-state index contributed by atoms with van der Waals surface area (Å²) < 4.78 is 12.1. The van der Waals surface area contributed by atoms with E-state index in [9.17, 15) is 4.79 Å². The molecule has 1 aliphatic heterocycles. The SMILES string of the molecule is COc1cc(/C=C2\SC(=Nc3ccc(Cl)cc3)N(c3ccc(Cl)cc3)C2=O)cc(Br)c1OC(C)C. The van der Waals surface area contributed by atoms with Crippen LogP contribution in [0.25, 0.3) is 6.08 Å². The van der Waals surface area contributed by atoms with Crippen LogP contribution in [0.2, 0.25) is 10.0 Å². The van der Waals surface area contributed by atoms with Crippen LogP contribution in [0.3, 0.4) is 0 Å². The van der Waals surface area contributed by atoms with Gasteiger partial charge in [-0.2, -0.15) is 0 Å². The summed E-state index contributed by atoms with van der Waals surface area (Å²) in [6.07, 6.45) is 1.79. The highest BCUT2D eigenvalue weighted by Gasteiger charge is 2.35. The van der Waals surface area contributed by atoms with E-state index in [1.54, 1.807) is 60.5 Å². The summed E-state index contributed by atoms with van der Waals surface area (Å²) in [7, 11) is 1.58. The van der Waals surface area contributed by atoms with Gasteiger partial charge in [-0.05, 0) is 114 Å². The van der Waals surface area contributed by atoms with Gasteiger partial charge in [0.2, 0.25) is 0 Å². The summed E-state index contributed by atoms with van der Waals surface area (Å²) in [5.41, 5.74) is 2.14. The lowest BCUT2D eigenvalue weighted by Gasteiger charge is -2.16. The molecule has 35 heavy (non-hydrogen) atoms. The molecule has 0 saturated carbocycles. The Morgan fingerprint density at radius 2 is 1.66 bits per heavy atom. The van der Waals surface area contributed by atoms with Crippen molar-refractivity contribution in [3.63, 3.8) is 0 Å². The van der Waals surface area contributed by atoms with Crippen LogP contribution in [0.15, 0.2) is 75.0 Å². The Balaban J connectivity index is 1.76. The standard InChI is InChI=1S/C26H21BrCl2N2O3S/c1-15(2)34-24-21(27)12-16(13-22(24)33-3)14-23-25(32)31(20-10-6-18(29)7-11-20)26(35-23)30-19-8-4-17(28)5-9-19/h4-15H,1-3H3/b23-14-,30-26?. The summed E-state index contributed by atoms with van der Waals surface area (Å²) in [4.78, 5) is 20.3. The van der Waals surface area contributed by atoms with E-state index >= 15 is 0 Å². The summed E-state index contributed by atoms with van der Waals surface area (Å²) in [6.45, 7) is 3.89. The van der Waals surface area contributed by atoms with Gasteiger partial charge in [-0.3, -0.25) is 9.69 Å². The minimum Gasteiger partial charge on any atom is -0.493 e. The number of halogens is 3. The average Bonchev–Trinajstić information content (AvgIpc) is 3.11. The number of benzene rings is 3. The number of amidine groups is 1. The Hall–Kier alpha value is -2.45. The number of ether oxygens (including phenoxy) is 2. The van der Waals surface area contributed by atoms with Gasteiger partial charge < -0.3 is 9.47 Å². The van der Waals surface area contributed by atoms with Crippen molar-refractivity contribution in [2.24, 2.45) is 4.99 Å². The molecule has 0 spiro atoms. The van der Waals surface area contributed by atoms with Crippen LogP contribution in [-0.4, -0.2) is 24.3 Å². The number of thioether (sulfide) groups is 1. The van der Waals surface area contributed by atoms with Crippen LogP contribution in [0.5, 0.6) is 11.5 Å². The molecule has 180 valence electrons. The Morgan fingerprint density at radius 3 is 2.26 bits per heavy atom. The van der Waals surface area contributed by atoms with E-state index in [1.807, 2.05) is 32.1 Å². The third kappa shape index (κ3) is 6.04. The first kappa shape index (κ1) is 25.6. The third-order valence-corrected chi connectivity index (χ3v) is 6.91. The minimum absolute atomic E-state index is 0.0176. The molecule has 3 aromatic carbocycles. The number of hydrogen-bond donors (Lipinski definition) is 0. The maximum Gasteiger partial charge on any atom is 0.271 e. The summed E-state index contributed by atoms with van der Waals surface area (Å²) in [5, 5.41) is 1.72. The Morgan fingerprint density at radius 1 is 1.03 bits per heavy atom. The molecule has 0 radical (unpaired) electrons. The van der Waals surface area contributed by atoms with Crippen LogP contribution in [0.1, 0.15) is 19.4 Å². The monoisotopic (exact) mass is 590 g/mol. The fourth-order valence-electron chi connectivity index (χ4n) is 3.32. The number of methoxy groups -OCH3 is 1. The number of carbonyl (C=O) groups excluding carboxylic acids is 1. The fourth-order valence-corrected chi connectivity index (χ4v) is 5.12. The average molecular weight is 592 g/mol. The van der Waals surface area contributed by atoms with Crippen molar-refractivity contribution in [1.29, 1.82) is 0 Å². The van der Waals surface area contributed by atoms with Gasteiger partial charge in [-0.1, -0.05) is 23.2 Å². The van der Waals surface area contributed by atoms with E-state index < -0.39 is 0 Å². The lowest BCUT2D eigenvalue weighted by molar-refractivity contribution is -0.113. The molecule has 0 aliphatic carbocycles. The van der Waals surface area contributed by atoms with Crippen molar-refractivity contribution in [2.75, 3.05) is 12.0 Å². The lowest BCUT2D eigenvalue weighted by atomic mass is 10.1. The van der Waals surface area contributed by atoms with Gasteiger partial charge in [0.05, 0.1) is 34.0 Å². The van der Waals surface area contributed by atoms with Crippen LogP contribution in [0.4, 0.5) is 11.4 Å². The van der Waals surface area contributed by atoms with E-state index in [4.69, 9.17) is 37.7 Å². The molecular formula is C26H21BrCl2N2O3S. The van der Waals surface area contributed by atoms with Crippen molar-refractivity contribution in [3.05, 3.63) is 85.7 Å². The van der Waals surface area contributed by atoms with E-state index in [-0.39, 0.29) is 12.0 Å². The lowest BCUT2D eigenvalue weighted by Crippen LogP contribution is -2.28. The van der Waals surface area contributed by atoms with Gasteiger partial charge in [0.25, 0.3) is 5.91 Å². The first-order valence-electron chi connectivity index (χ1n) is 10.6. The number of amides is 1. The minimum atomic E-state index is -0.192. The number of carbonyl (C=O) groups is 1. The molecule has 1 heterocycles. The molecule has 0 unspecified atom stereocenters. The molecule has 3 aromatic rings. The summed E-state index contributed by atoms with van der Waals surface area (Å²) in [6, 6.07) is 17.9. The van der Waals surface area contributed by atoms with Gasteiger partial charge in [0.15, 0.2) is 16.7 Å². The second-order valence-corrected chi connectivity index (χ2v) is 10.5. The van der Waals surface area contributed by atoms with Gasteiger partial charge in [0, 0.05) is 10.0 Å². The number of hydrogen-bond acceptors (Lipinski definition) is 5. The zero-order chi connectivity index (χ0) is 25.1. The second kappa shape index (κ2) is 11.1. The number of nitrogens with zero attached hydrogens (tertiary/aromatic N) is 2. The van der Waals surface area contributed by atoms with Crippen LogP contribution < -0.4 is 14.4 Å². The molecule has 0 bridgehead atoms. The number of aliphatic imine (C=N–C) groups is 1. The highest BCUT2D eigenvalue weighted by molar-refractivity contribution is 9.10. The zero-order valence-corrected chi connectivity index (χ0v) is 23.0. The van der Waals surface area contributed by atoms with Gasteiger partial charge in [-0.15, -0.1) is 0 Å². The highest BCUT2D eigenvalue weighted by Crippen LogP contribution is 2.41. The molecule has 0 atom stereocenters. The molecule has 0 aromatic heterocycles. The van der Waals surface area contributed by atoms with Gasteiger partial charge in [-0.25, -0.2) is 4.99 Å². The molecule has 5 nitrogen and oxygen atoms in total. The number of rotatable bonds is 6. The molecular weight excluding hydrogens is 571 g/mol. The first-order valence-corrected chi connectivity index (χ1v) is 13.0. The predicted octanol–water partition coefficient (Wildman–Crippen LogP) is 8.36. The first-order chi connectivity index (χ1) is 16.7. The van der Waals surface area contributed by atoms with Crippen molar-refractivity contribution in [2.45, 2.75) is 20.0 Å². The normalized spacial score (nSPS) is 16.0. The van der Waals surface area contributed by atoms with Crippen LogP contribution in [-0.2, 0) is 4.79 Å². The zero-order valence-electron chi connectivity index (χ0n) is 19.1. The molecule has 9 heteroatoms. The largest absolute Gasteiger partial charge is 0.493 e. The highest BCUT2D eigenvalue weighted by atomic mass is 79.9. The topological polar surface area (TPSA) is 51.1 Å². The molecule has 1 aliphatic rings. The maximum atomic E-state index is 13.5. The van der Waals surface area contributed by atoms with E-state index in [1.165, 1.54) is 11.8 Å². The number of anilines is 1. The van der Waals surface area contributed by atoms with Crippen molar-refractivity contribution in [1.82, 2.24) is 0 Å².